The van der Waals surface area contributed by atoms with Crippen LogP contribution in [0.5, 0.6) is 0 Å². The van der Waals surface area contributed by atoms with Gasteiger partial charge in [-0.15, -0.1) is 0 Å². The summed E-state index contributed by atoms with van der Waals surface area (Å²) in [5.41, 5.74) is 12.9. The van der Waals surface area contributed by atoms with Crippen LogP contribution in [-0.4, -0.2) is 47.0 Å². The van der Waals surface area contributed by atoms with Crippen LogP contribution in [0.15, 0.2) is 91.0 Å². The van der Waals surface area contributed by atoms with Gasteiger partial charge in [0.25, 0.3) is 11.8 Å². The normalized spacial score (nSPS) is 12.9. The third-order valence-corrected chi connectivity index (χ3v) is 5.73. The van der Waals surface area contributed by atoms with Gasteiger partial charge in [0, 0.05) is 12.8 Å². The van der Waals surface area contributed by atoms with Gasteiger partial charge in [-0.25, -0.2) is 9.59 Å². The molecule has 10 nitrogen and oxygen atoms in total. The molecule has 198 valence electrons. The van der Waals surface area contributed by atoms with E-state index in [1.807, 2.05) is 36.4 Å². The predicted octanol–water partition coefficient (Wildman–Crippen LogP) is 1.31. The second kappa shape index (κ2) is 14.1. The number of rotatable bonds is 11. The molecule has 0 saturated heterocycles. The highest BCUT2D eigenvalue weighted by molar-refractivity contribution is 5.91. The van der Waals surface area contributed by atoms with Gasteiger partial charge in [0.2, 0.25) is 0 Å². The summed E-state index contributed by atoms with van der Waals surface area (Å²) in [6, 6.07) is 22.9. The highest BCUT2D eigenvalue weighted by Crippen LogP contribution is 2.06. The monoisotopic (exact) mass is 517 g/mol. The van der Waals surface area contributed by atoms with Crippen molar-refractivity contribution in [3.63, 3.8) is 0 Å². The molecule has 0 radical (unpaired) electrons. The Kier molecular flexibility index (Phi) is 10.4. The molecule has 0 spiro atoms. The maximum Gasteiger partial charge on any atom is 0.326 e. The molecule has 3 aromatic carbocycles. The third kappa shape index (κ3) is 9.07. The molecule has 38 heavy (non-hydrogen) atoms. The van der Waals surface area contributed by atoms with E-state index in [-0.39, 0.29) is 19.3 Å². The Morgan fingerprint density at radius 3 is 1.47 bits per heavy atom. The zero-order valence-electron chi connectivity index (χ0n) is 20.7. The zero-order chi connectivity index (χ0) is 27.3. The van der Waals surface area contributed by atoms with Gasteiger partial charge in [0.1, 0.15) is 12.1 Å². The third-order valence-electron chi connectivity index (χ3n) is 5.73. The van der Waals surface area contributed by atoms with Crippen LogP contribution in [0, 0.1) is 0 Å². The van der Waals surface area contributed by atoms with Crippen LogP contribution in [0.2, 0.25) is 0 Å². The van der Waals surface area contributed by atoms with Crippen LogP contribution in [0.4, 0.5) is 4.79 Å². The van der Waals surface area contributed by atoms with E-state index in [0.29, 0.717) is 0 Å². The Labute approximate surface area is 220 Å². The number of carboxylic acids is 1. The molecule has 0 aromatic heterocycles. The van der Waals surface area contributed by atoms with Gasteiger partial charge in [-0.05, 0) is 23.1 Å². The number of urea groups is 1. The molecule has 0 saturated carbocycles. The van der Waals surface area contributed by atoms with Crippen molar-refractivity contribution in [3.8, 4) is 0 Å². The minimum atomic E-state index is -1.22. The summed E-state index contributed by atoms with van der Waals surface area (Å²) in [5, 5.41) is 14.5. The smallest absolute Gasteiger partial charge is 0.326 e. The summed E-state index contributed by atoms with van der Waals surface area (Å²) in [6.45, 7) is 0. The molecular formula is C28H31N5O5. The minimum Gasteiger partial charge on any atom is -0.480 e. The van der Waals surface area contributed by atoms with Gasteiger partial charge in [-0.2, -0.15) is 0 Å². The van der Waals surface area contributed by atoms with Crippen LogP contribution < -0.4 is 27.2 Å². The second-order valence-electron chi connectivity index (χ2n) is 8.72. The molecule has 3 atom stereocenters. The molecule has 3 aromatic rings. The first-order valence-corrected chi connectivity index (χ1v) is 12.1. The molecule has 7 N–H and O–H groups in total. The average Bonchev–Trinajstić information content (AvgIpc) is 2.92. The molecule has 0 heterocycles. The van der Waals surface area contributed by atoms with E-state index in [1.54, 1.807) is 54.6 Å². The topological polar surface area (TPSA) is 163 Å². The van der Waals surface area contributed by atoms with Crippen molar-refractivity contribution in [2.24, 2.45) is 5.73 Å². The zero-order valence-corrected chi connectivity index (χ0v) is 20.7. The Balaban J connectivity index is 1.62. The first kappa shape index (κ1) is 27.9. The van der Waals surface area contributed by atoms with Crippen molar-refractivity contribution in [1.82, 2.24) is 21.5 Å². The summed E-state index contributed by atoms with van der Waals surface area (Å²) in [7, 11) is 0. The molecule has 1 unspecified atom stereocenters. The molecule has 0 fully saturated rings. The lowest BCUT2D eigenvalue weighted by atomic mass is 10.1. The molecular weight excluding hydrogens is 486 g/mol. The Bertz CT molecular complexity index is 1210. The first-order valence-electron chi connectivity index (χ1n) is 12.1. The maximum atomic E-state index is 13.0. The van der Waals surface area contributed by atoms with Crippen LogP contribution in [0.25, 0.3) is 0 Å². The van der Waals surface area contributed by atoms with Crippen LogP contribution in [-0.2, 0) is 33.6 Å². The van der Waals surface area contributed by atoms with Crippen molar-refractivity contribution >= 4 is 23.8 Å². The highest BCUT2D eigenvalue weighted by Gasteiger charge is 2.26. The van der Waals surface area contributed by atoms with Crippen LogP contribution in [0.1, 0.15) is 16.7 Å². The highest BCUT2D eigenvalue weighted by atomic mass is 16.4. The van der Waals surface area contributed by atoms with E-state index in [0.717, 1.165) is 16.7 Å². The van der Waals surface area contributed by atoms with E-state index >= 15 is 0 Å². The lowest BCUT2D eigenvalue weighted by molar-refractivity contribution is -0.139. The number of carbonyl (C=O) groups excluding carboxylic acids is 3. The number of nitrogens with two attached hydrogens (primary N) is 1. The van der Waals surface area contributed by atoms with Crippen molar-refractivity contribution in [2.75, 3.05) is 0 Å². The molecule has 4 amide bonds. The number of hydrogen-bond acceptors (Lipinski definition) is 5. The fraction of sp³-hybridized carbons (Fsp3) is 0.214. The average molecular weight is 518 g/mol. The van der Waals surface area contributed by atoms with E-state index in [9.17, 15) is 24.3 Å². The molecule has 10 heteroatoms. The molecule has 3 rings (SSSR count). The van der Waals surface area contributed by atoms with Gasteiger partial charge in [0.15, 0.2) is 0 Å². The number of amides is 4. The summed E-state index contributed by atoms with van der Waals surface area (Å²) in [4.78, 5) is 49.9. The van der Waals surface area contributed by atoms with Gasteiger partial charge in [-0.3, -0.25) is 20.4 Å². The number of carbonyl (C=O) groups is 4. The number of carboxylic acid groups (broad SMARTS) is 1. The molecule has 0 aliphatic carbocycles. The lowest BCUT2D eigenvalue weighted by Crippen LogP contribution is -2.58. The van der Waals surface area contributed by atoms with Gasteiger partial charge >= 0.3 is 12.0 Å². The second-order valence-corrected chi connectivity index (χ2v) is 8.72. The van der Waals surface area contributed by atoms with Crippen LogP contribution in [0.3, 0.4) is 0 Å². The predicted molar refractivity (Wildman–Crippen MR) is 142 cm³/mol. The first-order chi connectivity index (χ1) is 18.3. The fourth-order valence-corrected chi connectivity index (χ4v) is 3.73. The SMILES string of the molecule is N[C@@H](Cc1ccccc1)C(=O)NNC(=O)C(Cc1ccccc1)NC(=O)N[C@@H](Cc1ccccc1)C(=O)O. The fourth-order valence-electron chi connectivity index (χ4n) is 3.73. The minimum absolute atomic E-state index is 0.0640. The van der Waals surface area contributed by atoms with E-state index in [2.05, 4.69) is 21.5 Å². The quantitative estimate of drug-likeness (QED) is 0.210. The van der Waals surface area contributed by atoms with Crippen molar-refractivity contribution in [1.29, 1.82) is 0 Å². The molecule has 0 aliphatic heterocycles. The number of aliphatic carboxylic acids is 1. The van der Waals surface area contributed by atoms with Crippen LogP contribution >= 0.6 is 0 Å². The summed E-state index contributed by atoms with van der Waals surface area (Å²) < 4.78 is 0. The van der Waals surface area contributed by atoms with Crippen molar-refractivity contribution in [3.05, 3.63) is 108 Å². The molecule has 0 bridgehead atoms. The standard InChI is InChI=1S/C28H31N5O5/c29-22(16-19-10-4-1-5-11-19)25(34)32-33-26(35)23(17-20-12-6-2-7-13-20)30-28(38)31-24(27(36)37)18-21-14-8-3-9-15-21/h1-15,22-24H,16-18,29H2,(H,32,34)(H,33,35)(H,36,37)(H2,30,31,38)/t22-,23?,24-/m0/s1. The number of hydrogen-bond donors (Lipinski definition) is 6. The maximum absolute atomic E-state index is 13.0. The number of hydrazine groups is 1. The van der Waals surface area contributed by atoms with E-state index < -0.39 is 41.9 Å². The van der Waals surface area contributed by atoms with E-state index in [4.69, 9.17) is 5.73 Å². The summed E-state index contributed by atoms with van der Waals surface area (Å²) in [5.74, 6) is -2.51. The van der Waals surface area contributed by atoms with Gasteiger partial charge in [0.05, 0.1) is 6.04 Å². The molecule has 0 aliphatic rings. The lowest BCUT2D eigenvalue weighted by Gasteiger charge is -2.22. The number of nitrogens with one attached hydrogen (secondary N) is 4. The largest absolute Gasteiger partial charge is 0.480 e. The van der Waals surface area contributed by atoms with Gasteiger partial charge in [-0.1, -0.05) is 91.0 Å². The Hall–Kier alpha value is -4.70. The summed E-state index contributed by atoms with van der Waals surface area (Å²) >= 11 is 0. The number of benzene rings is 3. The van der Waals surface area contributed by atoms with Crippen molar-refractivity contribution < 1.29 is 24.3 Å². The van der Waals surface area contributed by atoms with Crippen molar-refractivity contribution in [2.45, 2.75) is 37.4 Å². The Morgan fingerprint density at radius 1 is 0.605 bits per heavy atom. The van der Waals surface area contributed by atoms with E-state index in [1.165, 1.54) is 0 Å². The Morgan fingerprint density at radius 2 is 1.00 bits per heavy atom. The summed E-state index contributed by atoms with van der Waals surface area (Å²) in [6.07, 6.45) is 0.436. The van der Waals surface area contributed by atoms with Gasteiger partial charge < -0.3 is 21.5 Å².